The van der Waals surface area contributed by atoms with Crippen molar-refractivity contribution < 1.29 is 23.6 Å². The average molecular weight is 607 g/mol. The summed E-state index contributed by atoms with van der Waals surface area (Å²) in [5, 5.41) is 2.87. The summed E-state index contributed by atoms with van der Waals surface area (Å²) in [5.74, 6) is -1.80. The second-order valence-electron chi connectivity index (χ2n) is 10.9. The Labute approximate surface area is 239 Å². The zero-order chi connectivity index (χ0) is 28.4. The molecule has 9 heteroatoms. The molecule has 1 aromatic carbocycles. The zero-order valence-electron chi connectivity index (χ0n) is 22.6. The fraction of sp³-hybridized carbons (Fsp3) is 0.600. The lowest BCUT2D eigenvalue weighted by Crippen LogP contribution is -2.46. The van der Waals surface area contributed by atoms with E-state index in [0.29, 0.717) is 50.2 Å². The number of likely N-dealkylation sites (tertiary alicyclic amines) is 1. The average Bonchev–Trinajstić information content (AvgIpc) is 3.43. The molecule has 0 radical (unpaired) electrons. The highest BCUT2D eigenvalue weighted by Gasteiger charge is 2.41. The van der Waals surface area contributed by atoms with Crippen molar-refractivity contribution >= 4 is 39.2 Å². The lowest BCUT2D eigenvalue weighted by molar-refractivity contribution is -0.143. The van der Waals surface area contributed by atoms with E-state index in [1.165, 1.54) is 0 Å². The Hall–Kier alpha value is -2.55. The topological polar surface area (TPSA) is 110 Å². The minimum Gasteiger partial charge on any atom is -0.386 e. The number of amides is 1. The number of carbonyl (C=O) groups is 4. The number of nitrogens with one attached hydrogen (secondary N) is 1. The minimum absolute atomic E-state index is 0.0733. The van der Waals surface area contributed by atoms with Crippen molar-refractivity contribution in [3.05, 3.63) is 46.7 Å². The summed E-state index contributed by atoms with van der Waals surface area (Å²) >= 11 is 3.39. The van der Waals surface area contributed by atoms with Gasteiger partial charge in [-0.1, -0.05) is 53.9 Å². The summed E-state index contributed by atoms with van der Waals surface area (Å²) in [5.41, 5.74) is 6.07. The smallest absolute Gasteiger partial charge is 0.227 e. The van der Waals surface area contributed by atoms with E-state index >= 15 is 0 Å². The molecule has 1 saturated carbocycles. The van der Waals surface area contributed by atoms with Gasteiger partial charge >= 0.3 is 0 Å². The summed E-state index contributed by atoms with van der Waals surface area (Å²) < 4.78 is 14.2. The molecule has 0 bridgehead atoms. The van der Waals surface area contributed by atoms with Crippen LogP contribution < -0.4 is 11.1 Å². The number of Topliss-reactive ketones (excluding diaryl/α,β-unsaturated/α-hetero) is 3. The Morgan fingerprint density at radius 1 is 1.05 bits per heavy atom. The van der Waals surface area contributed by atoms with E-state index in [-0.39, 0.29) is 36.2 Å². The van der Waals surface area contributed by atoms with Crippen LogP contribution in [0, 0.1) is 17.8 Å². The van der Waals surface area contributed by atoms with E-state index in [1.54, 1.807) is 17.0 Å². The van der Waals surface area contributed by atoms with E-state index < -0.39 is 30.3 Å². The van der Waals surface area contributed by atoms with Crippen LogP contribution in [-0.2, 0) is 14.4 Å². The normalized spacial score (nSPS) is 19.3. The molecule has 1 aliphatic carbocycles. The molecule has 1 saturated heterocycles. The van der Waals surface area contributed by atoms with E-state index in [4.69, 9.17) is 5.73 Å². The highest BCUT2D eigenvalue weighted by molar-refractivity contribution is 9.10. The fourth-order valence-electron chi connectivity index (χ4n) is 5.99. The number of hydrogen-bond acceptors (Lipinski definition) is 6. The zero-order valence-corrected chi connectivity index (χ0v) is 24.2. The SMILES string of the molecule is C=C(N)NCCC[C@H](CC(=O)[C@@H]1CCCN1C(=O)[C@@H](CC(=O)c1ccc(Br)cc1)C1CCCCC1)C(=O)CF. The van der Waals surface area contributed by atoms with E-state index in [2.05, 4.69) is 27.8 Å². The molecule has 39 heavy (non-hydrogen) atoms. The van der Waals surface area contributed by atoms with Gasteiger partial charge in [0.15, 0.2) is 17.3 Å². The van der Waals surface area contributed by atoms with Crippen LogP contribution >= 0.6 is 15.9 Å². The van der Waals surface area contributed by atoms with Gasteiger partial charge < -0.3 is 16.0 Å². The predicted molar refractivity (Wildman–Crippen MR) is 153 cm³/mol. The summed E-state index contributed by atoms with van der Waals surface area (Å²) in [4.78, 5) is 54.6. The number of rotatable bonds is 15. The quantitative estimate of drug-likeness (QED) is 0.212. The Balaban J connectivity index is 1.72. The summed E-state index contributed by atoms with van der Waals surface area (Å²) in [6.45, 7) is 3.37. The molecule has 0 aromatic heterocycles. The highest BCUT2D eigenvalue weighted by Crippen LogP contribution is 2.36. The number of alkyl halides is 1. The third-order valence-electron chi connectivity index (χ3n) is 8.13. The highest BCUT2D eigenvalue weighted by atomic mass is 79.9. The van der Waals surface area contributed by atoms with Crippen LogP contribution in [-0.4, -0.2) is 54.0 Å². The molecule has 1 aromatic rings. The van der Waals surface area contributed by atoms with Crippen molar-refractivity contribution in [3.63, 3.8) is 0 Å². The number of carbonyl (C=O) groups excluding carboxylic acids is 4. The third kappa shape index (κ3) is 8.98. The van der Waals surface area contributed by atoms with Gasteiger partial charge in [0.1, 0.15) is 6.67 Å². The Morgan fingerprint density at radius 3 is 2.38 bits per heavy atom. The van der Waals surface area contributed by atoms with Crippen molar-refractivity contribution in [2.24, 2.45) is 23.5 Å². The molecular weight excluding hydrogens is 565 g/mol. The molecule has 3 N–H and O–H groups in total. The van der Waals surface area contributed by atoms with Crippen molar-refractivity contribution in [1.29, 1.82) is 0 Å². The van der Waals surface area contributed by atoms with Gasteiger partial charge in [-0.15, -0.1) is 0 Å². The molecule has 1 aliphatic heterocycles. The van der Waals surface area contributed by atoms with Crippen LogP contribution in [0.3, 0.4) is 0 Å². The summed E-state index contributed by atoms with van der Waals surface area (Å²) in [6.07, 6.45) is 7.10. The van der Waals surface area contributed by atoms with Gasteiger partial charge in [0, 0.05) is 47.8 Å². The maximum atomic E-state index is 14.0. The summed E-state index contributed by atoms with van der Waals surface area (Å²) in [7, 11) is 0. The maximum Gasteiger partial charge on any atom is 0.227 e. The second kappa shape index (κ2) is 15.3. The van der Waals surface area contributed by atoms with Crippen molar-refractivity contribution in [3.8, 4) is 0 Å². The van der Waals surface area contributed by atoms with E-state index in [9.17, 15) is 23.6 Å². The van der Waals surface area contributed by atoms with Gasteiger partial charge in [0.05, 0.1) is 11.9 Å². The van der Waals surface area contributed by atoms with E-state index in [0.717, 1.165) is 36.6 Å². The van der Waals surface area contributed by atoms with Crippen LogP contribution in [0.2, 0.25) is 0 Å². The largest absolute Gasteiger partial charge is 0.386 e. The standard InChI is InChI=1S/C30H41BrFN3O4/c1-20(33)34-15-5-9-23(29(38)19-32)17-28(37)26-10-6-16-35(26)30(39)25(21-7-3-2-4-8-21)18-27(36)22-11-13-24(31)14-12-22/h11-14,21,23,25-26,34H,1-10,15-19,33H2/t23-,25+,26+/m1/s1. The van der Waals surface area contributed by atoms with Gasteiger partial charge in [-0.05, 0) is 56.6 Å². The lowest BCUT2D eigenvalue weighted by Gasteiger charge is -2.34. The van der Waals surface area contributed by atoms with Crippen LogP contribution in [0.25, 0.3) is 0 Å². The van der Waals surface area contributed by atoms with Crippen LogP contribution in [0.1, 0.15) is 81.0 Å². The van der Waals surface area contributed by atoms with Gasteiger partial charge in [-0.3, -0.25) is 19.2 Å². The molecule has 2 aliphatic rings. The first-order chi connectivity index (χ1) is 18.7. The molecule has 1 amide bonds. The number of nitrogens with two attached hydrogens (primary N) is 1. The maximum absolute atomic E-state index is 14.0. The predicted octanol–water partition coefficient (Wildman–Crippen LogP) is 5.12. The first kappa shape index (κ1) is 31.0. The molecular formula is C30H41BrFN3O4. The van der Waals surface area contributed by atoms with Crippen molar-refractivity contribution in [2.75, 3.05) is 19.8 Å². The third-order valence-corrected chi connectivity index (χ3v) is 8.66. The monoisotopic (exact) mass is 605 g/mol. The van der Waals surface area contributed by atoms with Gasteiger partial charge in [-0.2, -0.15) is 0 Å². The van der Waals surface area contributed by atoms with Gasteiger partial charge in [0.2, 0.25) is 5.91 Å². The van der Waals surface area contributed by atoms with Gasteiger partial charge in [0.25, 0.3) is 0 Å². The van der Waals surface area contributed by atoms with Crippen molar-refractivity contribution in [2.45, 2.75) is 76.7 Å². The van der Waals surface area contributed by atoms with Crippen LogP contribution in [0.4, 0.5) is 4.39 Å². The van der Waals surface area contributed by atoms with Crippen LogP contribution in [0.15, 0.2) is 41.1 Å². The number of ketones is 3. The Kier molecular flexibility index (Phi) is 12.2. The number of benzene rings is 1. The molecule has 214 valence electrons. The molecule has 7 nitrogen and oxygen atoms in total. The number of halogens is 2. The Morgan fingerprint density at radius 2 is 1.74 bits per heavy atom. The van der Waals surface area contributed by atoms with E-state index in [1.807, 2.05) is 12.1 Å². The second-order valence-corrected chi connectivity index (χ2v) is 11.8. The van der Waals surface area contributed by atoms with Gasteiger partial charge in [-0.25, -0.2) is 4.39 Å². The Bertz CT molecular complexity index is 1030. The number of hydrogen-bond donors (Lipinski definition) is 2. The molecule has 1 heterocycles. The molecule has 3 atom stereocenters. The molecule has 0 spiro atoms. The molecule has 3 rings (SSSR count). The molecule has 2 fully saturated rings. The lowest BCUT2D eigenvalue weighted by atomic mass is 9.76. The molecule has 0 unspecified atom stereocenters. The minimum atomic E-state index is -1.12. The van der Waals surface area contributed by atoms with Crippen molar-refractivity contribution in [1.82, 2.24) is 10.2 Å². The first-order valence-electron chi connectivity index (χ1n) is 14.1. The summed E-state index contributed by atoms with van der Waals surface area (Å²) in [6, 6.07) is 6.52. The van der Waals surface area contributed by atoms with Crippen LogP contribution in [0.5, 0.6) is 0 Å². The first-order valence-corrected chi connectivity index (χ1v) is 14.9. The number of nitrogens with zero attached hydrogens (tertiary/aromatic N) is 1. The fourth-order valence-corrected chi connectivity index (χ4v) is 6.25.